The van der Waals surface area contributed by atoms with Gasteiger partial charge in [-0.2, -0.15) is 0 Å². The Morgan fingerprint density at radius 2 is 1.34 bits per heavy atom. The van der Waals surface area contributed by atoms with E-state index in [9.17, 15) is 0 Å². The standard InChI is InChI=1S/C28H36N2O2/c1-4-5-6-7-8-9-16-23(26-19-21-14-10-12-17-24(21)29-26)28(31-2,32-3)27-20-22-15-11-13-18-25(22)30-27/h10-15,17-20,23,29-30H,4-9,16H2,1-3H3. The molecule has 0 spiro atoms. The molecule has 170 valence electrons. The lowest BCUT2D eigenvalue weighted by molar-refractivity contribution is -0.236. The van der Waals surface area contributed by atoms with Crippen LogP contribution in [-0.4, -0.2) is 24.2 Å². The number of hydrogen-bond donors (Lipinski definition) is 2. The molecule has 0 aliphatic heterocycles. The molecule has 0 amide bonds. The number of unbranched alkanes of at least 4 members (excludes halogenated alkanes) is 5. The number of H-pyrrole nitrogens is 2. The summed E-state index contributed by atoms with van der Waals surface area (Å²) in [5.41, 5.74) is 4.35. The highest BCUT2D eigenvalue weighted by Crippen LogP contribution is 2.44. The molecule has 2 aromatic carbocycles. The van der Waals surface area contributed by atoms with Crippen LogP contribution >= 0.6 is 0 Å². The summed E-state index contributed by atoms with van der Waals surface area (Å²) in [6, 6.07) is 21.2. The molecular weight excluding hydrogens is 396 g/mol. The molecule has 0 aliphatic rings. The molecule has 4 aromatic rings. The summed E-state index contributed by atoms with van der Waals surface area (Å²) in [5, 5.41) is 2.38. The molecule has 1 unspecified atom stereocenters. The van der Waals surface area contributed by atoms with E-state index < -0.39 is 5.79 Å². The zero-order chi connectivity index (χ0) is 22.4. The fourth-order valence-electron chi connectivity index (χ4n) is 5.00. The minimum atomic E-state index is -0.899. The van der Waals surface area contributed by atoms with E-state index in [0.717, 1.165) is 40.6 Å². The SMILES string of the molecule is CCCCCCCCC(c1cc2ccccc2[nH]1)C(OC)(OC)c1cc2ccccc2[nH]1. The Morgan fingerprint density at radius 3 is 1.97 bits per heavy atom. The summed E-state index contributed by atoms with van der Waals surface area (Å²) in [6.45, 7) is 2.26. The normalized spacial score (nSPS) is 13.2. The van der Waals surface area contributed by atoms with E-state index in [0.29, 0.717) is 0 Å². The minimum absolute atomic E-state index is 0.0316. The fraction of sp³-hybridized carbons (Fsp3) is 0.429. The van der Waals surface area contributed by atoms with E-state index in [1.807, 2.05) is 0 Å². The number of fused-ring (bicyclic) bond motifs is 2. The smallest absolute Gasteiger partial charge is 0.218 e. The number of ether oxygens (including phenoxy) is 2. The number of methoxy groups -OCH3 is 2. The van der Waals surface area contributed by atoms with Crippen LogP contribution in [0.15, 0.2) is 60.7 Å². The fourth-order valence-corrected chi connectivity index (χ4v) is 5.00. The van der Waals surface area contributed by atoms with Crippen LogP contribution in [0.5, 0.6) is 0 Å². The minimum Gasteiger partial charge on any atom is -0.358 e. The van der Waals surface area contributed by atoms with E-state index in [1.165, 1.54) is 37.5 Å². The molecule has 4 heteroatoms. The summed E-state index contributed by atoms with van der Waals surface area (Å²) in [6.07, 6.45) is 8.54. The van der Waals surface area contributed by atoms with Gasteiger partial charge >= 0.3 is 0 Å². The van der Waals surface area contributed by atoms with Crippen LogP contribution in [0.2, 0.25) is 0 Å². The quantitative estimate of drug-likeness (QED) is 0.179. The molecule has 2 N–H and O–H groups in total. The molecular formula is C28H36N2O2. The first-order valence-electron chi connectivity index (χ1n) is 12.0. The van der Waals surface area contributed by atoms with Gasteiger partial charge in [-0.05, 0) is 41.5 Å². The third-order valence-corrected chi connectivity index (χ3v) is 6.74. The van der Waals surface area contributed by atoms with Gasteiger partial charge in [-0.25, -0.2) is 0 Å². The maximum Gasteiger partial charge on any atom is 0.218 e. The van der Waals surface area contributed by atoms with Crippen LogP contribution in [0.3, 0.4) is 0 Å². The average molecular weight is 433 g/mol. The Kier molecular flexibility index (Phi) is 7.33. The molecule has 0 bridgehead atoms. The van der Waals surface area contributed by atoms with Crippen molar-refractivity contribution in [2.45, 2.75) is 63.6 Å². The molecule has 4 rings (SSSR count). The average Bonchev–Trinajstić information content (AvgIpc) is 3.45. The molecule has 0 saturated carbocycles. The molecule has 0 fully saturated rings. The van der Waals surface area contributed by atoms with Crippen LogP contribution < -0.4 is 0 Å². The molecule has 2 heterocycles. The van der Waals surface area contributed by atoms with Gasteiger partial charge in [0, 0.05) is 30.9 Å². The van der Waals surface area contributed by atoms with Gasteiger partial charge in [-0.1, -0.05) is 81.8 Å². The van der Waals surface area contributed by atoms with Crippen molar-refractivity contribution in [1.82, 2.24) is 9.97 Å². The molecule has 32 heavy (non-hydrogen) atoms. The lowest BCUT2D eigenvalue weighted by Crippen LogP contribution is -2.38. The maximum atomic E-state index is 6.24. The van der Waals surface area contributed by atoms with E-state index in [4.69, 9.17) is 9.47 Å². The predicted octanol–water partition coefficient (Wildman–Crippen LogP) is 7.63. The van der Waals surface area contributed by atoms with Gasteiger partial charge in [-0.15, -0.1) is 0 Å². The summed E-state index contributed by atoms with van der Waals surface area (Å²) >= 11 is 0. The van der Waals surface area contributed by atoms with Crippen molar-refractivity contribution in [3.63, 3.8) is 0 Å². The van der Waals surface area contributed by atoms with E-state index >= 15 is 0 Å². The monoisotopic (exact) mass is 432 g/mol. The highest BCUT2D eigenvalue weighted by molar-refractivity contribution is 5.81. The highest BCUT2D eigenvalue weighted by Gasteiger charge is 2.44. The Balaban J connectivity index is 1.70. The van der Waals surface area contributed by atoms with Crippen LogP contribution in [0, 0.1) is 0 Å². The lowest BCUT2D eigenvalue weighted by atomic mass is 9.86. The summed E-state index contributed by atoms with van der Waals surface area (Å²) in [4.78, 5) is 7.24. The molecule has 1 atom stereocenters. The Morgan fingerprint density at radius 1 is 0.750 bits per heavy atom. The number of nitrogens with one attached hydrogen (secondary N) is 2. The zero-order valence-electron chi connectivity index (χ0n) is 19.6. The van der Waals surface area contributed by atoms with Crippen LogP contribution in [0.4, 0.5) is 0 Å². The second-order valence-electron chi connectivity index (χ2n) is 8.77. The maximum absolute atomic E-state index is 6.24. The first-order valence-corrected chi connectivity index (χ1v) is 12.0. The topological polar surface area (TPSA) is 50.0 Å². The first-order chi connectivity index (χ1) is 15.7. The molecule has 4 nitrogen and oxygen atoms in total. The van der Waals surface area contributed by atoms with Gasteiger partial charge in [0.2, 0.25) is 5.79 Å². The van der Waals surface area contributed by atoms with Crippen molar-refractivity contribution in [3.8, 4) is 0 Å². The van der Waals surface area contributed by atoms with Crippen molar-refractivity contribution >= 4 is 21.8 Å². The van der Waals surface area contributed by atoms with E-state index in [-0.39, 0.29) is 5.92 Å². The zero-order valence-corrected chi connectivity index (χ0v) is 19.6. The van der Waals surface area contributed by atoms with Gasteiger partial charge < -0.3 is 19.4 Å². The van der Waals surface area contributed by atoms with Gasteiger partial charge in [-0.3, -0.25) is 0 Å². The first kappa shape index (κ1) is 22.6. The summed E-state index contributed by atoms with van der Waals surface area (Å²) < 4.78 is 12.5. The van der Waals surface area contributed by atoms with Crippen molar-refractivity contribution in [2.24, 2.45) is 0 Å². The van der Waals surface area contributed by atoms with E-state index in [2.05, 4.69) is 77.6 Å². The Hall–Kier alpha value is -2.56. The molecule has 2 aromatic heterocycles. The third-order valence-electron chi connectivity index (χ3n) is 6.74. The number of aromatic amines is 2. The predicted molar refractivity (Wildman–Crippen MR) is 133 cm³/mol. The number of para-hydroxylation sites is 2. The van der Waals surface area contributed by atoms with Crippen LogP contribution in [0.25, 0.3) is 21.8 Å². The van der Waals surface area contributed by atoms with Crippen molar-refractivity contribution in [2.75, 3.05) is 14.2 Å². The number of aromatic nitrogens is 2. The second kappa shape index (κ2) is 10.4. The third kappa shape index (κ3) is 4.48. The van der Waals surface area contributed by atoms with Gasteiger partial charge in [0.05, 0.1) is 11.6 Å². The number of benzene rings is 2. The molecule has 0 radical (unpaired) electrons. The summed E-state index contributed by atoms with van der Waals surface area (Å²) in [7, 11) is 3.51. The second-order valence-corrected chi connectivity index (χ2v) is 8.77. The Bertz CT molecular complexity index is 1060. The summed E-state index contributed by atoms with van der Waals surface area (Å²) in [5.74, 6) is -0.868. The largest absolute Gasteiger partial charge is 0.358 e. The number of rotatable bonds is 12. The van der Waals surface area contributed by atoms with Crippen LogP contribution in [0.1, 0.15) is 69.2 Å². The number of hydrogen-bond acceptors (Lipinski definition) is 2. The van der Waals surface area contributed by atoms with Crippen LogP contribution in [-0.2, 0) is 15.3 Å². The van der Waals surface area contributed by atoms with E-state index in [1.54, 1.807) is 14.2 Å². The van der Waals surface area contributed by atoms with Crippen molar-refractivity contribution < 1.29 is 9.47 Å². The van der Waals surface area contributed by atoms with Gasteiger partial charge in [0.25, 0.3) is 0 Å². The highest BCUT2D eigenvalue weighted by atomic mass is 16.7. The van der Waals surface area contributed by atoms with Gasteiger partial charge in [0.1, 0.15) is 0 Å². The van der Waals surface area contributed by atoms with Crippen molar-refractivity contribution in [3.05, 3.63) is 72.1 Å². The Labute approximate surface area is 191 Å². The van der Waals surface area contributed by atoms with Gasteiger partial charge in [0.15, 0.2) is 0 Å². The van der Waals surface area contributed by atoms with Crippen molar-refractivity contribution in [1.29, 1.82) is 0 Å². The lowest BCUT2D eigenvalue weighted by Gasteiger charge is -2.37. The molecule has 0 saturated heterocycles. The molecule has 0 aliphatic carbocycles.